The van der Waals surface area contributed by atoms with Crippen molar-refractivity contribution in [3.8, 4) is 5.75 Å². The third kappa shape index (κ3) is 5.65. The van der Waals surface area contributed by atoms with Crippen LogP contribution in [0.1, 0.15) is 30.6 Å². The lowest BCUT2D eigenvalue weighted by Gasteiger charge is -2.36. The second kappa shape index (κ2) is 9.83. The van der Waals surface area contributed by atoms with Gasteiger partial charge in [-0.25, -0.2) is 0 Å². The van der Waals surface area contributed by atoms with E-state index in [1.807, 2.05) is 13.8 Å². The summed E-state index contributed by atoms with van der Waals surface area (Å²) in [6, 6.07) is 4.11. The van der Waals surface area contributed by atoms with Crippen LogP contribution in [-0.4, -0.2) is 60.1 Å². The molecule has 0 saturated carbocycles. The van der Waals surface area contributed by atoms with Gasteiger partial charge in [0.2, 0.25) is 5.91 Å². The number of carbonyl (C=O) groups excluding carboxylic acids is 3. The number of piperazine rings is 1. The number of nitrogens with one attached hydrogen (secondary N) is 2. The van der Waals surface area contributed by atoms with Crippen molar-refractivity contribution in [2.45, 2.75) is 32.4 Å². The lowest BCUT2D eigenvalue weighted by atomic mass is 10.1. The molecule has 1 saturated heterocycles. The molecule has 10 heteroatoms. The Morgan fingerprint density at radius 3 is 2.75 bits per heavy atom. The van der Waals surface area contributed by atoms with Gasteiger partial charge < -0.3 is 19.7 Å². The molecule has 2 N–H and O–H groups in total. The van der Waals surface area contributed by atoms with Gasteiger partial charge in [-0.2, -0.15) is 0 Å². The fraction of sp³-hybridized carbons (Fsp3) is 0.444. The molecule has 0 radical (unpaired) electrons. The molecule has 0 bridgehead atoms. The van der Waals surface area contributed by atoms with Gasteiger partial charge in [-0.15, -0.1) is 0 Å². The van der Waals surface area contributed by atoms with Crippen LogP contribution in [0, 0.1) is 0 Å². The quantitative estimate of drug-likeness (QED) is 0.497. The summed E-state index contributed by atoms with van der Waals surface area (Å²) >= 11 is 8.70. The average Bonchev–Trinajstić information content (AvgIpc) is 2.64. The Hall–Kier alpha value is -2.20. The van der Waals surface area contributed by atoms with E-state index >= 15 is 0 Å². The monoisotopic (exact) mass is 471 g/mol. The summed E-state index contributed by atoms with van der Waals surface area (Å²) in [7, 11) is 1.25. The van der Waals surface area contributed by atoms with Crippen molar-refractivity contribution < 1.29 is 23.9 Å². The molecule has 0 aromatic heterocycles. The highest BCUT2D eigenvalue weighted by Gasteiger charge is 2.34. The molecule has 1 fully saturated rings. The van der Waals surface area contributed by atoms with Gasteiger partial charge in [0.15, 0.2) is 5.11 Å². The molecular weight excluding hydrogens is 450 g/mol. The highest BCUT2D eigenvalue weighted by atomic mass is 79.9. The number of thiocarbonyl (C=S) groups is 1. The van der Waals surface area contributed by atoms with Crippen molar-refractivity contribution in [2.24, 2.45) is 0 Å². The standard InChI is InChI=1S/C18H22BrN3O5S/c1-10(2)27-14-5-4-11(8-12(14)19)16(24)21-18(28)22-7-6-20-17(25)13(22)9-15(23)26-3/h4-5,8,10,13H,6-7,9H2,1-3H3,(H,20,25)(H,21,24,28). The second-order valence-corrected chi connectivity index (χ2v) is 7.59. The van der Waals surface area contributed by atoms with Gasteiger partial charge in [0.05, 0.1) is 24.1 Å². The van der Waals surface area contributed by atoms with Crippen molar-refractivity contribution in [3.63, 3.8) is 0 Å². The molecule has 1 aliphatic heterocycles. The van der Waals surface area contributed by atoms with Crippen LogP contribution in [-0.2, 0) is 14.3 Å². The van der Waals surface area contributed by atoms with Gasteiger partial charge in [0.25, 0.3) is 5.91 Å². The largest absolute Gasteiger partial charge is 0.490 e. The normalized spacial score (nSPS) is 16.4. The molecule has 0 spiro atoms. The number of halogens is 1. The lowest BCUT2D eigenvalue weighted by Crippen LogP contribution is -2.60. The Labute approximate surface area is 177 Å². The summed E-state index contributed by atoms with van der Waals surface area (Å²) in [6.45, 7) is 4.55. The number of methoxy groups -OCH3 is 1. The maximum atomic E-state index is 12.6. The molecule has 1 heterocycles. The van der Waals surface area contributed by atoms with Gasteiger partial charge in [-0.3, -0.25) is 19.7 Å². The van der Waals surface area contributed by atoms with Crippen LogP contribution >= 0.6 is 28.1 Å². The van der Waals surface area contributed by atoms with E-state index in [2.05, 4.69) is 31.3 Å². The van der Waals surface area contributed by atoms with Crippen LogP contribution in [0.4, 0.5) is 0 Å². The summed E-state index contributed by atoms with van der Waals surface area (Å²) in [5, 5.41) is 5.38. The summed E-state index contributed by atoms with van der Waals surface area (Å²) in [6.07, 6.45) is -0.161. The number of hydrogen-bond acceptors (Lipinski definition) is 6. The number of hydrogen-bond donors (Lipinski definition) is 2. The maximum Gasteiger partial charge on any atom is 0.308 e. The highest BCUT2D eigenvalue weighted by Crippen LogP contribution is 2.27. The number of carbonyl (C=O) groups is 3. The van der Waals surface area contributed by atoms with Gasteiger partial charge in [-0.1, -0.05) is 0 Å². The van der Waals surface area contributed by atoms with E-state index in [1.165, 1.54) is 12.0 Å². The summed E-state index contributed by atoms with van der Waals surface area (Å²) < 4.78 is 10.9. The number of ether oxygens (including phenoxy) is 2. The topological polar surface area (TPSA) is 97.0 Å². The van der Waals surface area contributed by atoms with Crippen LogP contribution in [0.2, 0.25) is 0 Å². The third-order valence-electron chi connectivity index (χ3n) is 3.96. The Balaban J connectivity index is 2.09. The van der Waals surface area contributed by atoms with Crippen molar-refractivity contribution in [1.82, 2.24) is 15.5 Å². The third-order valence-corrected chi connectivity index (χ3v) is 4.91. The Kier molecular flexibility index (Phi) is 7.76. The molecule has 1 unspecified atom stereocenters. The van der Waals surface area contributed by atoms with Crippen molar-refractivity contribution in [2.75, 3.05) is 20.2 Å². The van der Waals surface area contributed by atoms with E-state index < -0.39 is 17.9 Å². The number of amides is 2. The zero-order valence-corrected chi connectivity index (χ0v) is 18.2. The van der Waals surface area contributed by atoms with Gasteiger partial charge in [-0.05, 0) is 60.2 Å². The van der Waals surface area contributed by atoms with Crippen LogP contribution in [0.3, 0.4) is 0 Å². The zero-order valence-electron chi connectivity index (χ0n) is 15.8. The van der Waals surface area contributed by atoms with E-state index in [9.17, 15) is 14.4 Å². The number of benzene rings is 1. The predicted molar refractivity (Wildman–Crippen MR) is 110 cm³/mol. The van der Waals surface area contributed by atoms with Gasteiger partial charge in [0, 0.05) is 18.7 Å². The fourth-order valence-corrected chi connectivity index (χ4v) is 3.42. The van der Waals surface area contributed by atoms with E-state index in [1.54, 1.807) is 18.2 Å². The van der Waals surface area contributed by atoms with Crippen LogP contribution in [0.15, 0.2) is 22.7 Å². The molecule has 28 heavy (non-hydrogen) atoms. The SMILES string of the molecule is COC(=O)CC1C(=O)NCCN1C(=S)NC(=O)c1ccc(OC(C)C)c(Br)c1. The maximum absolute atomic E-state index is 12.6. The Morgan fingerprint density at radius 2 is 2.14 bits per heavy atom. The molecule has 152 valence electrons. The van der Waals surface area contributed by atoms with Gasteiger partial charge >= 0.3 is 5.97 Å². The van der Waals surface area contributed by atoms with Crippen LogP contribution in [0.25, 0.3) is 0 Å². The molecule has 1 atom stereocenters. The summed E-state index contributed by atoms with van der Waals surface area (Å²) in [4.78, 5) is 37.8. The van der Waals surface area contributed by atoms with E-state index in [0.717, 1.165) is 0 Å². The molecule has 1 aromatic carbocycles. The Morgan fingerprint density at radius 1 is 1.43 bits per heavy atom. The number of nitrogens with zero attached hydrogens (tertiary/aromatic N) is 1. The first-order valence-corrected chi connectivity index (χ1v) is 9.85. The summed E-state index contributed by atoms with van der Waals surface area (Å²) in [5.41, 5.74) is 0.372. The molecular formula is C18H22BrN3O5S. The second-order valence-electron chi connectivity index (χ2n) is 6.35. The lowest BCUT2D eigenvalue weighted by molar-refractivity contribution is -0.144. The minimum absolute atomic E-state index is 0.000506. The first kappa shape index (κ1) is 22.1. The van der Waals surface area contributed by atoms with E-state index in [0.29, 0.717) is 28.9 Å². The molecule has 1 aromatic rings. The van der Waals surface area contributed by atoms with Crippen LogP contribution < -0.4 is 15.4 Å². The fourth-order valence-electron chi connectivity index (χ4n) is 2.63. The zero-order chi connectivity index (χ0) is 20.8. The smallest absolute Gasteiger partial charge is 0.308 e. The molecule has 8 nitrogen and oxygen atoms in total. The minimum atomic E-state index is -0.831. The van der Waals surface area contributed by atoms with Crippen molar-refractivity contribution in [3.05, 3.63) is 28.2 Å². The Bertz CT molecular complexity index is 786. The van der Waals surface area contributed by atoms with E-state index in [-0.39, 0.29) is 23.5 Å². The predicted octanol–water partition coefficient (Wildman–Crippen LogP) is 1.61. The molecule has 2 amide bonds. The van der Waals surface area contributed by atoms with Crippen molar-refractivity contribution >= 4 is 51.0 Å². The molecule has 2 rings (SSSR count). The molecule has 1 aliphatic rings. The van der Waals surface area contributed by atoms with Gasteiger partial charge in [0.1, 0.15) is 11.8 Å². The number of rotatable bonds is 5. The minimum Gasteiger partial charge on any atom is -0.490 e. The van der Waals surface area contributed by atoms with Crippen molar-refractivity contribution in [1.29, 1.82) is 0 Å². The summed E-state index contributed by atoms with van der Waals surface area (Å²) in [5.74, 6) is -0.679. The molecule has 0 aliphatic carbocycles. The first-order valence-electron chi connectivity index (χ1n) is 8.65. The van der Waals surface area contributed by atoms with E-state index in [4.69, 9.17) is 17.0 Å². The van der Waals surface area contributed by atoms with Crippen LogP contribution in [0.5, 0.6) is 5.75 Å². The number of esters is 1. The highest BCUT2D eigenvalue weighted by molar-refractivity contribution is 9.10. The average molecular weight is 472 g/mol. The first-order chi connectivity index (χ1) is 13.2.